The molecule has 1 aliphatic rings. The summed E-state index contributed by atoms with van der Waals surface area (Å²) in [5.74, 6) is -1.69. The SMILES string of the molecule is CN(C(=O)c1ccc2c3c(ccc(C=O)c13)C(=O)N(c1ncccn1)C2=O)c1ncccn1. The molecule has 0 spiro atoms. The van der Waals surface area contributed by atoms with E-state index in [1.807, 2.05) is 0 Å². The van der Waals surface area contributed by atoms with E-state index < -0.39 is 17.7 Å². The van der Waals surface area contributed by atoms with Gasteiger partial charge in [0.15, 0.2) is 6.29 Å². The minimum Gasteiger partial charge on any atom is -0.298 e. The van der Waals surface area contributed by atoms with Crippen molar-refractivity contribution in [2.75, 3.05) is 16.8 Å². The highest BCUT2D eigenvalue weighted by Gasteiger charge is 2.37. The van der Waals surface area contributed by atoms with Crippen molar-refractivity contribution in [3.05, 3.63) is 83.4 Å². The van der Waals surface area contributed by atoms with Crippen LogP contribution in [-0.2, 0) is 0 Å². The number of aromatic nitrogens is 4. The van der Waals surface area contributed by atoms with Crippen LogP contribution >= 0.6 is 0 Å². The summed E-state index contributed by atoms with van der Waals surface area (Å²) in [6, 6.07) is 9.00. The Balaban J connectivity index is 1.73. The van der Waals surface area contributed by atoms with E-state index in [2.05, 4.69) is 19.9 Å². The van der Waals surface area contributed by atoms with Gasteiger partial charge in [0.05, 0.1) is 0 Å². The molecular weight excluding hydrogens is 424 g/mol. The number of nitrogens with zero attached hydrogens (tertiary/aromatic N) is 6. The highest BCUT2D eigenvalue weighted by atomic mass is 16.2. The fraction of sp³-hybridized carbons (Fsp3) is 0.0435. The van der Waals surface area contributed by atoms with Gasteiger partial charge in [0, 0.05) is 64.9 Å². The molecule has 33 heavy (non-hydrogen) atoms. The molecule has 0 saturated heterocycles. The highest BCUT2D eigenvalue weighted by Crippen LogP contribution is 2.35. The third-order valence-corrected chi connectivity index (χ3v) is 5.33. The quantitative estimate of drug-likeness (QED) is 0.351. The summed E-state index contributed by atoms with van der Waals surface area (Å²) in [5, 5.41) is 0.443. The molecule has 160 valence electrons. The van der Waals surface area contributed by atoms with E-state index in [0.29, 0.717) is 6.29 Å². The second-order valence-corrected chi connectivity index (χ2v) is 7.14. The van der Waals surface area contributed by atoms with E-state index in [1.54, 1.807) is 12.1 Å². The predicted molar refractivity (Wildman–Crippen MR) is 117 cm³/mol. The molecule has 1 aliphatic heterocycles. The Bertz CT molecular complexity index is 1430. The molecule has 0 N–H and O–H groups in total. The smallest absolute Gasteiger partial charge is 0.268 e. The monoisotopic (exact) mass is 438 g/mol. The molecule has 10 nitrogen and oxygen atoms in total. The summed E-state index contributed by atoms with van der Waals surface area (Å²) in [4.78, 5) is 70.0. The number of hydrogen-bond acceptors (Lipinski definition) is 8. The summed E-state index contributed by atoms with van der Waals surface area (Å²) in [6.45, 7) is 0. The molecule has 10 heteroatoms. The number of hydrogen-bond donors (Lipinski definition) is 0. The van der Waals surface area contributed by atoms with Gasteiger partial charge in [0.2, 0.25) is 11.9 Å². The van der Waals surface area contributed by atoms with Crippen LogP contribution in [0, 0.1) is 0 Å². The van der Waals surface area contributed by atoms with Crippen LogP contribution in [0.1, 0.15) is 41.4 Å². The van der Waals surface area contributed by atoms with Crippen molar-refractivity contribution in [3.8, 4) is 0 Å². The normalized spacial score (nSPS) is 12.7. The summed E-state index contributed by atoms with van der Waals surface area (Å²) in [5.41, 5.74) is 0.626. The van der Waals surface area contributed by atoms with Crippen LogP contribution in [0.2, 0.25) is 0 Å². The summed E-state index contributed by atoms with van der Waals surface area (Å²) in [6.07, 6.45) is 6.43. The standard InChI is InChI=1S/C23H14N6O4/c1-28(22-24-8-2-9-25-22)19(31)14-6-7-16-18-15(5-4-13(12-30)17(14)18)20(32)29(21(16)33)23-26-10-3-11-27-23/h2-12H,1H3. The zero-order valence-corrected chi connectivity index (χ0v) is 17.2. The van der Waals surface area contributed by atoms with E-state index in [1.165, 1.54) is 61.0 Å². The Morgan fingerprint density at radius 2 is 1.42 bits per heavy atom. The van der Waals surface area contributed by atoms with Crippen molar-refractivity contribution >= 4 is 46.7 Å². The lowest BCUT2D eigenvalue weighted by molar-refractivity contribution is 0.0888. The number of anilines is 2. The minimum absolute atomic E-state index is 0.0631. The lowest BCUT2D eigenvalue weighted by Gasteiger charge is -2.27. The van der Waals surface area contributed by atoms with Gasteiger partial charge in [-0.15, -0.1) is 0 Å². The van der Waals surface area contributed by atoms with Crippen molar-refractivity contribution in [1.29, 1.82) is 0 Å². The lowest BCUT2D eigenvalue weighted by atomic mass is 9.88. The van der Waals surface area contributed by atoms with Crippen molar-refractivity contribution in [1.82, 2.24) is 19.9 Å². The van der Waals surface area contributed by atoms with Crippen LogP contribution in [0.15, 0.2) is 61.2 Å². The van der Waals surface area contributed by atoms with Gasteiger partial charge in [-0.3, -0.25) is 24.1 Å². The van der Waals surface area contributed by atoms with E-state index in [9.17, 15) is 19.2 Å². The maximum Gasteiger partial charge on any atom is 0.268 e. The van der Waals surface area contributed by atoms with Gasteiger partial charge in [-0.2, -0.15) is 0 Å². The van der Waals surface area contributed by atoms with Crippen LogP contribution in [0.3, 0.4) is 0 Å². The first-order valence-electron chi connectivity index (χ1n) is 9.78. The van der Waals surface area contributed by atoms with E-state index in [4.69, 9.17) is 0 Å². The van der Waals surface area contributed by atoms with Gasteiger partial charge >= 0.3 is 0 Å². The maximum atomic E-state index is 13.3. The van der Waals surface area contributed by atoms with Crippen LogP contribution in [0.4, 0.5) is 11.9 Å². The lowest BCUT2D eigenvalue weighted by Crippen LogP contribution is -2.41. The molecule has 0 unspecified atom stereocenters. The Kier molecular flexibility index (Phi) is 4.67. The first-order valence-corrected chi connectivity index (χ1v) is 9.78. The molecule has 0 aliphatic carbocycles. The van der Waals surface area contributed by atoms with E-state index in [0.717, 1.165) is 4.90 Å². The van der Waals surface area contributed by atoms with Crippen molar-refractivity contribution in [2.45, 2.75) is 0 Å². The molecule has 0 fully saturated rings. The average molecular weight is 438 g/mol. The summed E-state index contributed by atoms with van der Waals surface area (Å²) < 4.78 is 0. The number of carbonyl (C=O) groups excluding carboxylic acids is 4. The van der Waals surface area contributed by atoms with Gasteiger partial charge in [0.25, 0.3) is 17.7 Å². The van der Waals surface area contributed by atoms with Crippen LogP contribution in [-0.4, -0.2) is 51.0 Å². The van der Waals surface area contributed by atoms with Crippen molar-refractivity contribution in [2.24, 2.45) is 0 Å². The molecule has 0 atom stereocenters. The molecule has 0 saturated carbocycles. The fourth-order valence-corrected chi connectivity index (χ4v) is 3.81. The van der Waals surface area contributed by atoms with Gasteiger partial charge in [0.1, 0.15) is 0 Å². The van der Waals surface area contributed by atoms with Crippen LogP contribution in [0.25, 0.3) is 10.8 Å². The molecular formula is C23H14N6O4. The molecule has 2 aromatic heterocycles. The molecule has 4 aromatic rings. The van der Waals surface area contributed by atoms with Gasteiger partial charge < -0.3 is 0 Å². The molecule has 3 heterocycles. The zero-order chi connectivity index (χ0) is 23.1. The van der Waals surface area contributed by atoms with Gasteiger partial charge in [-0.1, -0.05) is 6.07 Å². The van der Waals surface area contributed by atoms with Gasteiger partial charge in [-0.05, 0) is 30.3 Å². The largest absolute Gasteiger partial charge is 0.298 e. The topological polar surface area (TPSA) is 126 Å². The van der Waals surface area contributed by atoms with E-state index in [-0.39, 0.29) is 44.9 Å². The third kappa shape index (κ3) is 3.04. The average Bonchev–Trinajstić information content (AvgIpc) is 2.87. The Hall–Kier alpha value is -4.86. The van der Waals surface area contributed by atoms with Crippen LogP contribution in [0.5, 0.6) is 0 Å². The minimum atomic E-state index is -0.648. The fourth-order valence-electron chi connectivity index (χ4n) is 3.81. The summed E-state index contributed by atoms with van der Waals surface area (Å²) in [7, 11) is 1.50. The molecule has 0 bridgehead atoms. The second kappa shape index (κ2) is 7.68. The molecule has 0 radical (unpaired) electrons. The van der Waals surface area contributed by atoms with Crippen molar-refractivity contribution < 1.29 is 19.2 Å². The Morgan fingerprint density at radius 3 is 2.03 bits per heavy atom. The number of rotatable bonds is 4. The maximum absolute atomic E-state index is 13.3. The number of benzene rings is 2. The van der Waals surface area contributed by atoms with Gasteiger partial charge in [-0.25, -0.2) is 24.8 Å². The Morgan fingerprint density at radius 1 is 0.848 bits per heavy atom. The third-order valence-electron chi connectivity index (χ3n) is 5.33. The molecule has 2 aromatic carbocycles. The van der Waals surface area contributed by atoms with E-state index >= 15 is 0 Å². The molecule has 3 amide bonds. The first kappa shape index (κ1) is 20.1. The Labute approximate surface area is 186 Å². The molecule has 5 rings (SSSR count). The zero-order valence-electron chi connectivity index (χ0n) is 17.2. The predicted octanol–water partition coefficient (Wildman–Crippen LogP) is 2.31. The van der Waals surface area contributed by atoms with Crippen molar-refractivity contribution in [3.63, 3.8) is 0 Å². The first-order chi connectivity index (χ1) is 16.0. The van der Waals surface area contributed by atoms with Crippen LogP contribution < -0.4 is 9.80 Å². The summed E-state index contributed by atoms with van der Waals surface area (Å²) >= 11 is 0. The highest BCUT2D eigenvalue weighted by molar-refractivity contribution is 6.37. The number of aldehydes is 1. The second-order valence-electron chi connectivity index (χ2n) is 7.14. The number of amides is 3. The number of carbonyl (C=O) groups is 4. The number of imide groups is 1.